The molecule has 4 unspecified atom stereocenters. The number of benzene rings is 2. The van der Waals surface area contributed by atoms with Crippen LogP contribution in [-0.2, 0) is 37.5 Å². The molecule has 10 heteroatoms. The Labute approximate surface area is 237 Å². The molecule has 2 heterocycles. The van der Waals surface area contributed by atoms with Crippen molar-refractivity contribution in [2.75, 3.05) is 14.2 Å². The minimum atomic E-state index is -2.10. The lowest BCUT2D eigenvalue weighted by Crippen LogP contribution is -2.40. The van der Waals surface area contributed by atoms with Gasteiger partial charge in [-0.15, -0.1) is 0 Å². The van der Waals surface area contributed by atoms with Crippen molar-refractivity contribution in [1.82, 2.24) is 0 Å². The van der Waals surface area contributed by atoms with Gasteiger partial charge in [0.2, 0.25) is 0 Å². The standard InChI is InChI=1S/C15H20O4Si.C15H18O4Si/c2*1-10(20(3,4)18-2)12-13(15(17)19-14(12)16)11-8-6-5-7-9-11/h5-10,12-13H,1-4H3;5-10H,1-4H3. The number of carbonyl (C=O) groups excluding carboxylic acids is 4. The first-order valence-corrected chi connectivity index (χ1v) is 19.2. The molecule has 2 aromatic rings. The molecule has 8 nitrogen and oxygen atoms in total. The smallest absolute Gasteiger partial charge is 0.347 e. The number of esters is 4. The summed E-state index contributed by atoms with van der Waals surface area (Å²) in [6, 6.07) is 18.5. The molecule has 214 valence electrons. The molecule has 0 saturated carbocycles. The number of rotatable bonds is 8. The second-order valence-electron chi connectivity index (χ2n) is 11.1. The molecule has 0 amide bonds. The third kappa shape index (κ3) is 6.41. The Morgan fingerprint density at radius 1 is 0.700 bits per heavy atom. The van der Waals surface area contributed by atoms with Gasteiger partial charge in [0.15, 0.2) is 16.6 Å². The van der Waals surface area contributed by atoms with Gasteiger partial charge in [-0.3, -0.25) is 9.59 Å². The molecular weight excluding hydrogens is 544 g/mol. The number of hydrogen-bond acceptors (Lipinski definition) is 8. The zero-order chi connectivity index (χ0) is 29.8. The largest absolute Gasteiger partial charge is 0.420 e. The van der Waals surface area contributed by atoms with Gasteiger partial charge in [-0.2, -0.15) is 0 Å². The molecule has 0 radical (unpaired) electrons. The van der Waals surface area contributed by atoms with Crippen LogP contribution in [0.5, 0.6) is 0 Å². The fourth-order valence-corrected chi connectivity index (χ4v) is 7.70. The van der Waals surface area contributed by atoms with Crippen LogP contribution in [0.4, 0.5) is 0 Å². The van der Waals surface area contributed by atoms with Crippen LogP contribution in [0.15, 0.2) is 66.2 Å². The Morgan fingerprint density at radius 2 is 1.23 bits per heavy atom. The molecule has 0 N–H and O–H groups in total. The van der Waals surface area contributed by atoms with Crippen molar-refractivity contribution in [2.24, 2.45) is 5.92 Å². The molecular formula is C30H38O8Si2. The Morgan fingerprint density at radius 3 is 1.75 bits per heavy atom. The highest BCUT2D eigenvalue weighted by Crippen LogP contribution is 2.44. The molecule has 0 aliphatic carbocycles. The average molecular weight is 583 g/mol. The van der Waals surface area contributed by atoms with Crippen LogP contribution in [0.2, 0.25) is 37.3 Å². The van der Waals surface area contributed by atoms with Gasteiger partial charge in [-0.1, -0.05) is 74.5 Å². The van der Waals surface area contributed by atoms with E-state index in [1.54, 1.807) is 14.2 Å². The van der Waals surface area contributed by atoms with E-state index in [1.165, 1.54) is 0 Å². The van der Waals surface area contributed by atoms with Crippen LogP contribution in [0, 0.1) is 5.92 Å². The van der Waals surface area contributed by atoms with Crippen LogP contribution in [-0.4, -0.2) is 54.7 Å². The predicted molar refractivity (Wildman–Crippen MR) is 156 cm³/mol. The van der Waals surface area contributed by atoms with Gasteiger partial charge in [0.05, 0.1) is 23.0 Å². The van der Waals surface area contributed by atoms with E-state index in [9.17, 15) is 19.2 Å². The molecule has 4 rings (SSSR count). The second kappa shape index (κ2) is 12.5. The lowest BCUT2D eigenvalue weighted by molar-refractivity contribution is -0.154. The summed E-state index contributed by atoms with van der Waals surface area (Å²) in [6.07, 6.45) is 0. The van der Waals surface area contributed by atoms with E-state index in [1.807, 2.05) is 87.6 Å². The van der Waals surface area contributed by atoms with E-state index in [-0.39, 0.29) is 11.1 Å². The molecule has 0 aromatic heterocycles. The SMILES string of the molecule is CO[Si](C)(C)C(C)C1=C(c2ccccc2)C(=O)OC1=O.CO[Si](C)(C)C(C)C1C(=O)OC(=O)C1c1ccccc1. The van der Waals surface area contributed by atoms with Crippen LogP contribution < -0.4 is 0 Å². The van der Waals surface area contributed by atoms with Crippen LogP contribution in [0.1, 0.15) is 30.9 Å². The van der Waals surface area contributed by atoms with E-state index < -0.39 is 52.3 Å². The summed E-state index contributed by atoms with van der Waals surface area (Å²) >= 11 is 0. The van der Waals surface area contributed by atoms with Crippen molar-refractivity contribution < 1.29 is 37.5 Å². The van der Waals surface area contributed by atoms with Gasteiger partial charge in [-0.05, 0) is 42.9 Å². The normalized spacial score (nSPS) is 21.0. The summed E-state index contributed by atoms with van der Waals surface area (Å²) in [5, 5.41) is 0. The summed E-state index contributed by atoms with van der Waals surface area (Å²) in [5.74, 6) is -2.94. The van der Waals surface area contributed by atoms with Crippen molar-refractivity contribution >= 4 is 46.1 Å². The molecule has 1 saturated heterocycles. The van der Waals surface area contributed by atoms with Crippen molar-refractivity contribution in [3.8, 4) is 0 Å². The lowest BCUT2D eigenvalue weighted by atomic mass is 9.86. The molecule has 2 aromatic carbocycles. The Balaban J connectivity index is 0.000000220. The van der Waals surface area contributed by atoms with Gasteiger partial charge in [0, 0.05) is 19.8 Å². The van der Waals surface area contributed by atoms with Crippen LogP contribution in [0.25, 0.3) is 5.57 Å². The molecule has 2 aliphatic heterocycles. The summed E-state index contributed by atoms with van der Waals surface area (Å²) < 4.78 is 20.9. The van der Waals surface area contributed by atoms with E-state index in [2.05, 4.69) is 13.1 Å². The Bertz CT molecular complexity index is 1290. The monoisotopic (exact) mass is 582 g/mol. The minimum absolute atomic E-state index is 0.00310. The quantitative estimate of drug-likeness (QED) is 0.229. The number of hydrogen-bond donors (Lipinski definition) is 0. The van der Waals surface area contributed by atoms with Gasteiger partial charge >= 0.3 is 23.9 Å². The minimum Gasteiger partial charge on any atom is -0.420 e. The van der Waals surface area contributed by atoms with Gasteiger partial charge in [0.25, 0.3) is 0 Å². The summed E-state index contributed by atoms with van der Waals surface area (Å²) in [7, 11) is -0.832. The zero-order valence-corrected chi connectivity index (χ0v) is 26.3. The van der Waals surface area contributed by atoms with E-state index >= 15 is 0 Å². The third-order valence-corrected chi connectivity index (χ3v) is 15.4. The number of carbonyl (C=O) groups is 4. The first-order valence-electron chi connectivity index (χ1n) is 13.2. The fourth-order valence-electron chi connectivity index (χ4n) is 4.83. The van der Waals surface area contributed by atoms with Gasteiger partial charge in [-0.25, -0.2) is 9.59 Å². The first-order chi connectivity index (χ1) is 18.8. The molecule has 4 atom stereocenters. The van der Waals surface area contributed by atoms with E-state index in [0.717, 1.165) is 5.56 Å². The van der Waals surface area contributed by atoms with E-state index in [0.29, 0.717) is 16.7 Å². The molecule has 2 aliphatic rings. The van der Waals surface area contributed by atoms with Crippen molar-refractivity contribution in [2.45, 2.75) is 57.0 Å². The zero-order valence-electron chi connectivity index (χ0n) is 24.3. The Kier molecular flexibility index (Phi) is 9.83. The second-order valence-corrected chi connectivity index (χ2v) is 20.1. The maximum atomic E-state index is 12.1. The number of ether oxygens (including phenoxy) is 2. The summed E-state index contributed by atoms with van der Waals surface area (Å²) in [6.45, 7) is 12.0. The highest BCUT2D eigenvalue weighted by atomic mass is 28.4. The van der Waals surface area contributed by atoms with Crippen molar-refractivity contribution in [3.05, 3.63) is 77.4 Å². The van der Waals surface area contributed by atoms with Crippen molar-refractivity contribution in [3.63, 3.8) is 0 Å². The maximum Gasteiger partial charge on any atom is 0.347 e. The number of cyclic esters (lactones) is 4. The molecule has 40 heavy (non-hydrogen) atoms. The third-order valence-electron chi connectivity index (χ3n) is 8.35. The van der Waals surface area contributed by atoms with Gasteiger partial charge in [0.1, 0.15) is 0 Å². The Hall–Kier alpha value is -3.19. The molecule has 1 fully saturated rings. The van der Waals surface area contributed by atoms with Crippen molar-refractivity contribution in [1.29, 1.82) is 0 Å². The van der Waals surface area contributed by atoms with Gasteiger partial charge < -0.3 is 18.3 Å². The molecule has 0 spiro atoms. The summed E-state index contributed by atoms with van der Waals surface area (Å²) in [4.78, 5) is 48.2. The van der Waals surface area contributed by atoms with Crippen LogP contribution in [0.3, 0.4) is 0 Å². The topological polar surface area (TPSA) is 105 Å². The van der Waals surface area contributed by atoms with E-state index in [4.69, 9.17) is 18.3 Å². The average Bonchev–Trinajstić information content (AvgIpc) is 3.41. The highest BCUT2D eigenvalue weighted by molar-refractivity contribution is 6.74. The molecule has 0 bridgehead atoms. The fraction of sp³-hybridized carbons (Fsp3) is 0.400. The maximum absolute atomic E-state index is 12.1. The summed E-state index contributed by atoms with van der Waals surface area (Å²) in [5.41, 5.74) is 2.24. The highest BCUT2D eigenvalue weighted by Gasteiger charge is 2.52. The first kappa shape index (κ1) is 31.3. The lowest BCUT2D eigenvalue weighted by Gasteiger charge is -2.32. The van der Waals surface area contributed by atoms with Crippen LogP contribution >= 0.6 is 0 Å². The predicted octanol–water partition coefficient (Wildman–Crippen LogP) is 5.48.